The molecule has 0 spiro atoms. The molecule has 15 heavy (non-hydrogen) atoms. The third kappa shape index (κ3) is 2.61. The zero-order chi connectivity index (χ0) is 10.8. The van der Waals surface area contributed by atoms with Gasteiger partial charge in [0.2, 0.25) is 5.91 Å². The largest absolute Gasteiger partial charge is 0.337 e. The van der Waals surface area contributed by atoms with Crippen molar-refractivity contribution in [3.05, 3.63) is 20.8 Å². The fourth-order valence-electron chi connectivity index (χ4n) is 1.91. The standard InChI is InChI=1S/C11H14BrNOS/c1-2-8-5-11(14)13(6-8)7-9-3-4-10(12)15-9/h3-4,8H,2,5-7H2,1H3. The van der Waals surface area contributed by atoms with E-state index in [0.29, 0.717) is 11.8 Å². The van der Waals surface area contributed by atoms with Crippen molar-refractivity contribution in [3.8, 4) is 0 Å². The van der Waals surface area contributed by atoms with Crippen LogP contribution >= 0.6 is 27.3 Å². The van der Waals surface area contributed by atoms with Gasteiger partial charge in [0, 0.05) is 17.8 Å². The van der Waals surface area contributed by atoms with Gasteiger partial charge in [0.25, 0.3) is 0 Å². The maximum absolute atomic E-state index is 11.7. The predicted octanol–water partition coefficient (Wildman–Crippen LogP) is 3.27. The molecule has 1 amide bonds. The van der Waals surface area contributed by atoms with Crippen LogP contribution in [0.1, 0.15) is 24.6 Å². The molecule has 1 aromatic rings. The second-order valence-electron chi connectivity index (χ2n) is 3.96. The minimum absolute atomic E-state index is 0.311. The summed E-state index contributed by atoms with van der Waals surface area (Å²) in [6.07, 6.45) is 1.85. The van der Waals surface area contributed by atoms with E-state index in [1.807, 2.05) is 11.0 Å². The van der Waals surface area contributed by atoms with Gasteiger partial charge in [0.15, 0.2) is 0 Å². The summed E-state index contributed by atoms with van der Waals surface area (Å²) in [5, 5.41) is 0. The van der Waals surface area contributed by atoms with Gasteiger partial charge in [-0.1, -0.05) is 13.3 Å². The first-order chi connectivity index (χ1) is 7.19. The van der Waals surface area contributed by atoms with Gasteiger partial charge < -0.3 is 4.90 Å². The number of hydrogen-bond donors (Lipinski definition) is 0. The lowest BCUT2D eigenvalue weighted by Crippen LogP contribution is -2.23. The first-order valence-electron chi connectivity index (χ1n) is 5.21. The Balaban J connectivity index is 1.98. The topological polar surface area (TPSA) is 20.3 Å². The highest BCUT2D eigenvalue weighted by Gasteiger charge is 2.28. The minimum atomic E-state index is 0.311. The first kappa shape index (κ1) is 11.1. The smallest absolute Gasteiger partial charge is 0.223 e. The Kier molecular flexibility index (Phi) is 3.46. The molecule has 0 aromatic carbocycles. The molecule has 2 nitrogen and oxygen atoms in total. The molecule has 4 heteroatoms. The Hall–Kier alpha value is -0.350. The van der Waals surface area contributed by atoms with Gasteiger partial charge in [-0.2, -0.15) is 0 Å². The third-order valence-corrected chi connectivity index (χ3v) is 4.46. The van der Waals surface area contributed by atoms with Crippen molar-refractivity contribution in [1.29, 1.82) is 0 Å². The van der Waals surface area contributed by atoms with Crippen LogP contribution in [0.2, 0.25) is 0 Å². The highest BCUT2D eigenvalue weighted by molar-refractivity contribution is 9.11. The number of nitrogens with zero attached hydrogens (tertiary/aromatic N) is 1. The quantitative estimate of drug-likeness (QED) is 0.836. The van der Waals surface area contributed by atoms with Crippen LogP contribution in [0.15, 0.2) is 15.9 Å². The van der Waals surface area contributed by atoms with Crippen molar-refractivity contribution in [2.24, 2.45) is 5.92 Å². The summed E-state index contributed by atoms with van der Waals surface area (Å²) in [6, 6.07) is 4.12. The minimum Gasteiger partial charge on any atom is -0.337 e. The Morgan fingerprint density at radius 3 is 2.93 bits per heavy atom. The van der Waals surface area contributed by atoms with Gasteiger partial charge in [-0.3, -0.25) is 4.79 Å². The number of likely N-dealkylation sites (tertiary alicyclic amines) is 1. The summed E-state index contributed by atoms with van der Waals surface area (Å²) < 4.78 is 1.14. The molecule has 1 aliphatic heterocycles. The summed E-state index contributed by atoms with van der Waals surface area (Å²) in [5.74, 6) is 0.882. The van der Waals surface area contributed by atoms with Gasteiger partial charge in [-0.15, -0.1) is 11.3 Å². The third-order valence-electron chi connectivity index (χ3n) is 2.85. The van der Waals surface area contributed by atoms with E-state index in [2.05, 4.69) is 28.9 Å². The molecule has 82 valence electrons. The van der Waals surface area contributed by atoms with Gasteiger partial charge in [-0.25, -0.2) is 0 Å². The predicted molar refractivity (Wildman–Crippen MR) is 65.8 cm³/mol. The Morgan fingerprint density at radius 1 is 1.60 bits per heavy atom. The van der Waals surface area contributed by atoms with E-state index in [4.69, 9.17) is 0 Å². The molecule has 1 fully saturated rings. The van der Waals surface area contributed by atoms with E-state index in [1.54, 1.807) is 11.3 Å². The van der Waals surface area contributed by atoms with E-state index in [-0.39, 0.29) is 0 Å². The molecule has 2 rings (SSSR count). The summed E-state index contributed by atoms with van der Waals surface area (Å²) in [7, 11) is 0. The summed E-state index contributed by atoms with van der Waals surface area (Å²) in [4.78, 5) is 14.9. The molecule has 0 radical (unpaired) electrons. The Labute approximate surface area is 102 Å². The van der Waals surface area contributed by atoms with Gasteiger partial charge in [0.1, 0.15) is 0 Å². The van der Waals surface area contributed by atoms with Crippen LogP contribution in [0, 0.1) is 5.92 Å². The number of hydrogen-bond acceptors (Lipinski definition) is 2. The first-order valence-corrected chi connectivity index (χ1v) is 6.82. The zero-order valence-electron chi connectivity index (χ0n) is 8.70. The molecule has 0 N–H and O–H groups in total. The van der Waals surface area contributed by atoms with E-state index in [1.165, 1.54) is 4.88 Å². The van der Waals surface area contributed by atoms with Crippen LogP contribution in [0.3, 0.4) is 0 Å². The molecule has 1 atom stereocenters. The van der Waals surface area contributed by atoms with Crippen molar-refractivity contribution in [2.75, 3.05) is 6.54 Å². The number of thiophene rings is 1. The van der Waals surface area contributed by atoms with Gasteiger partial charge in [-0.05, 0) is 34.0 Å². The summed E-state index contributed by atoms with van der Waals surface area (Å²) in [5.41, 5.74) is 0. The van der Waals surface area contributed by atoms with Crippen molar-refractivity contribution >= 4 is 33.2 Å². The molecular formula is C11H14BrNOS. The number of rotatable bonds is 3. The van der Waals surface area contributed by atoms with Gasteiger partial charge in [0.05, 0.1) is 10.3 Å². The van der Waals surface area contributed by atoms with Crippen molar-refractivity contribution < 1.29 is 4.79 Å². The molecule has 0 aliphatic carbocycles. The van der Waals surface area contributed by atoms with Crippen molar-refractivity contribution in [1.82, 2.24) is 4.90 Å². The zero-order valence-corrected chi connectivity index (χ0v) is 11.1. The molecule has 1 unspecified atom stereocenters. The SMILES string of the molecule is CCC1CC(=O)N(Cc2ccc(Br)s2)C1. The van der Waals surface area contributed by atoms with E-state index in [9.17, 15) is 4.79 Å². The molecule has 1 aromatic heterocycles. The number of halogens is 1. The normalized spacial score (nSPS) is 21.3. The lowest BCUT2D eigenvalue weighted by atomic mass is 10.1. The van der Waals surface area contributed by atoms with Crippen molar-refractivity contribution in [3.63, 3.8) is 0 Å². The average Bonchev–Trinajstić information content (AvgIpc) is 2.75. The molecule has 0 saturated carbocycles. The number of amides is 1. The van der Waals surface area contributed by atoms with E-state index in [0.717, 1.165) is 29.7 Å². The highest BCUT2D eigenvalue weighted by Crippen LogP contribution is 2.27. The van der Waals surface area contributed by atoms with Crippen LogP contribution in [0.25, 0.3) is 0 Å². The Morgan fingerprint density at radius 2 is 2.40 bits per heavy atom. The highest BCUT2D eigenvalue weighted by atomic mass is 79.9. The van der Waals surface area contributed by atoms with Crippen LogP contribution in [-0.2, 0) is 11.3 Å². The molecule has 2 heterocycles. The number of carbonyl (C=O) groups is 1. The van der Waals surface area contributed by atoms with Crippen molar-refractivity contribution in [2.45, 2.75) is 26.3 Å². The van der Waals surface area contributed by atoms with E-state index < -0.39 is 0 Å². The van der Waals surface area contributed by atoms with E-state index >= 15 is 0 Å². The summed E-state index contributed by atoms with van der Waals surface area (Å²) >= 11 is 5.15. The van der Waals surface area contributed by atoms with Crippen LogP contribution in [-0.4, -0.2) is 17.4 Å². The maximum atomic E-state index is 11.7. The fraction of sp³-hybridized carbons (Fsp3) is 0.545. The molecule has 1 aliphatic rings. The monoisotopic (exact) mass is 287 g/mol. The van der Waals surface area contributed by atoms with Crippen LogP contribution in [0.4, 0.5) is 0 Å². The lowest BCUT2D eigenvalue weighted by Gasteiger charge is -2.14. The molecule has 0 bridgehead atoms. The second-order valence-corrected chi connectivity index (χ2v) is 6.51. The van der Waals surface area contributed by atoms with Gasteiger partial charge >= 0.3 is 0 Å². The van der Waals surface area contributed by atoms with Crippen LogP contribution < -0.4 is 0 Å². The van der Waals surface area contributed by atoms with Crippen LogP contribution in [0.5, 0.6) is 0 Å². The number of carbonyl (C=O) groups excluding carboxylic acids is 1. The maximum Gasteiger partial charge on any atom is 0.223 e. The molecule has 1 saturated heterocycles. The average molecular weight is 288 g/mol. The fourth-order valence-corrected chi connectivity index (χ4v) is 3.40. The second kappa shape index (κ2) is 4.66. The Bertz CT molecular complexity index is 363. The summed E-state index contributed by atoms with van der Waals surface area (Å²) in [6.45, 7) is 3.87. The molecular weight excluding hydrogens is 274 g/mol. The lowest BCUT2D eigenvalue weighted by molar-refractivity contribution is -0.128.